The lowest BCUT2D eigenvalue weighted by atomic mass is 10.1. The molecule has 100 valence electrons. The fourth-order valence-corrected chi connectivity index (χ4v) is 1.65. The highest BCUT2D eigenvalue weighted by atomic mass is 79.9. The van der Waals surface area contributed by atoms with Crippen LogP contribution in [-0.4, -0.2) is 18.6 Å². The predicted molar refractivity (Wildman–Crippen MR) is 60.1 cm³/mol. The van der Waals surface area contributed by atoms with Gasteiger partial charge in [-0.3, -0.25) is 10.1 Å². The molecule has 1 unspecified atom stereocenters. The molecule has 1 aromatic rings. The van der Waals surface area contributed by atoms with Crippen LogP contribution in [0, 0.1) is 5.82 Å². The van der Waals surface area contributed by atoms with E-state index in [4.69, 9.17) is 5.73 Å². The molecule has 1 aromatic carbocycles. The monoisotopic (exact) mass is 328 g/mol. The Morgan fingerprint density at radius 3 is 2.50 bits per heavy atom. The first-order valence-electron chi connectivity index (χ1n) is 4.75. The molecule has 0 aliphatic heterocycles. The van der Waals surface area contributed by atoms with E-state index in [1.54, 1.807) is 0 Å². The quantitative estimate of drug-likeness (QED) is 0.833. The SMILES string of the molecule is NC(=O)C(NCC(F)(F)F)c1ccc(Br)cc1F. The number of carbonyl (C=O) groups is 1. The molecular weight excluding hydrogens is 320 g/mol. The summed E-state index contributed by atoms with van der Waals surface area (Å²) in [5.41, 5.74) is 4.73. The molecule has 0 radical (unpaired) electrons. The third-order valence-corrected chi connectivity index (χ3v) is 2.56. The molecule has 8 heteroatoms. The predicted octanol–water partition coefficient (Wildman–Crippen LogP) is 2.27. The summed E-state index contributed by atoms with van der Waals surface area (Å²) in [6.45, 7) is -1.43. The number of hydrogen-bond donors (Lipinski definition) is 2. The van der Waals surface area contributed by atoms with Gasteiger partial charge in [0.15, 0.2) is 0 Å². The summed E-state index contributed by atoms with van der Waals surface area (Å²) >= 11 is 3.00. The van der Waals surface area contributed by atoms with E-state index in [1.807, 2.05) is 5.32 Å². The van der Waals surface area contributed by atoms with Gasteiger partial charge in [0.05, 0.1) is 6.54 Å². The largest absolute Gasteiger partial charge is 0.401 e. The minimum atomic E-state index is -4.51. The Hall–Kier alpha value is -1.15. The molecule has 3 N–H and O–H groups in total. The van der Waals surface area contributed by atoms with E-state index in [0.717, 1.165) is 6.07 Å². The van der Waals surface area contributed by atoms with Crippen LogP contribution in [0.2, 0.25) is 0 Å². The van der Waals surface area contributed by atoms with E-state index < -0.39 is 30.5 Å². The van der Waals surface area contributed by atoms with E-state index in [0.29, 0.717) is 4.47 Å². The topological polar surface area (TPSA) is 55.1 Å². The zero-order valence-corrected chi connectivity index (χ0v) is 10.5. The smallest absolute Gasteiger partial charge is 0.368 e. The Morgan fingerprint density at radius 2 is 2.06 bits per heavy atom. The van der Waals surface area contributed by atoms with Crippen LogP contribution in [0.5, 0.6) is 0 Å². The maximum Gasteiger partial charge on any atom is 0.401 e. The van der Waals surface area contributed by atoms with Crippen molar-refractivity contribution in [1.82, 2.24) is 5.32 Å². The fourth-order valence-electron chi connectivity index (χ4n) is 1.32. The van der Waals surface area contributed by atoms with Gasteiger partial charge in [-0.15, -0.1) is 0 Å². The fraction of sp³-hybridized carbons (Fsp3) is 0.300. The Morgan fingerprint density at radius 1 is 1.44 bits per heavy atom. The van der Waals surface area contributed by atoms with Crippen molar-refractivity contribution in [3.8, 4) is 0 Å². The van der Waals surface area contributed by atoms with Crippen LogP contribution in [0.3, 0.4) is 0 Å². The van der Waals surface area contributed by atoms with Crippen LogP contribution in [0.25, 0.3) is 0 Å². The maximum absolute atomic E-state index is 13.5. The molecule has 0 bridgehead atoms. The summed E-state index contributed by atoms with van der Waals surface area (Å²) in [6.07, 6.45) is -4.51. The molecule has 0 saturated heterocycles. The van der Waals surface area contributed by atoms with E-state index in [-0.39, 0.29) is 5.56 Å². The third kappa shape index (κ3) is 4.26. The van der Waals surface area contributed by atoms with Crippen molar-refractivity contribution in [3.05, 3.63) is 34.1 Å². The Labute approximate surface area is 108 Å². The second kappa shape index (κ2) is 5.66. The molecule has 18 heavy (non-hydrogen) atoms. The summed E-state index contributed by atoms with van der Waals surface area (Å²) in [4.78, 5) is 11.1. The second-order valence-electron chi connectivity index (χ2n) is 3.50. The van der Waals surface area contributed by atoms with E-state index in [1.165, 1.54) is 12.1 Å². The zero-order chi connectivity index (χ0) is 13.9. The molecule has 1 rings (SSSR count). The molecule has 0 saturated carbocycles. The highest BCUT2D eigenvalue weighted by Crippen LogP contribution is 2.22. The van der Waals surface area contributed by atoms with Crippen LogP contribution in [0.15, 0.2) is 22.7 Å². The number of nitrogens with two attached hydrogens (primary N) is 1. The van der Waals surface area contributed by atoms with Gasteiger partial charge in [-0.05, 0) is 12.1 Å². The van der Waals surface area contributed by atoms with Crippen molar-refractivity contribution in [1.29, 1.82) is 0 Å². The summed E-state index contributed by atoms with van der Waals surface area (Å²) in [6, 6.07) is 2.11. The van der Waals surface area contributed by atoms with Gasteiger partial charge in [0.25, 0.3) is 0 Å². The first-order valence-corrected chi connectivity index (χ1v) is 5.54. The molecule has 0 aliphatic carbocycles. The molecule has 3 nitrogen and oxygen atoms in total. The molecule has 1 atom stereocenters. The number of benzene rings is 1. The number of nitrogens with one attached hydrogen (secondary N) is 1. The summed E-state index contributed by atoms with van der Waals surface area (Å²) in [5.74, 6) is -1.90. The van der Waals surface area contributed by atoms with E-state index >= 15 is 0 Å². The van der Waals surface area contributed by atoms with Crippen LogP contribution in [0.1, 0.15) is 11.6 Å². The molecule has 0 heterocycles. The first-order chi connectivity index (χ1) is 8.20. The number of carbonyl (C=O) groups excluding carboxylic acids is 1. The van der Waals surface area contributed by atoms with Gasteiger partial charge >= 0.3 is 6.18 Å². The van der Waals surface area contributed by atoms with Crippen molar-refractivity contribution in [2.45, 2.75) is 12.2 Å². The van der Waals surface area contributed by atoms with E-state index in [9.17, 15) is 22.4 Å². The number of primary amides is 1. The maximum atomic E-state index is 13.5. The number of halogens is 5. The summed E-state index contributed by atoms with van der Waals surface area (Å²) in [5, 5.41) is 1.88. The van der Waals surface area contributed by atoms with Gasteiger partial charge in [0, 0.05) is 10.0 Å². The average molecular weight is 329 g/mol. The third-order valence-electron chi connectivity index (χ3n) is 2.06. The first kappa shape index (κ1) is 14.9. The number of alkyl halides is 3. The van der Waals surface area contributed by atoms with Gasteiger partial charge < -0.3 is 5.73 Å². The van der Waals surface area contributed by atoms with Crippen molar-refractivity contribution in [3.63, 3.8) is 0 Å². The number of amides is 1. The summed E-state index contributed by atoms with van der Waals surface area (Å²) in [7, 11) is 0. The highest BCUT2D eigenvalue weighted by Gasteiger charge is 2.30. The van der Waals surface area contributed by atoms with E-state index in [2.05, 4.69) is 15.9 Å². The number of hydrogen-bond acceptors (Lipinski definition) is 2. The van der Waals surface area contributed by atoms with Crippen LogP contribution in [0.4, 0.5) is 17.6 Å². The normalized spacial score (nSPS) is 13.4. The lowest BCUT2D eigenvalue weighted by Crippen LogP contribution is -2.39. The van der Waals surface area contributed by atoms with Gasteiger partial charge in [-0.1, -0.05) is 22.0 Å². The molecule has 0 spiro atoms. The molecule has 1 amide bonds. The Bertz CT molecular complexity index is 450. The molecule has 0 aliphatic rings. The summed E-state index contributed by atoms with van der Waals surface area (Å²) < 4.78 is 50.1. The van der Waals surface area contributed by atoms with Crippen LogP contribution in [-0.2, 0) is 4.79 Å². The standard InChI is InChI=1S/C10H9BrF4N2O/c11-5-1-2-6(7(12)3-5)8(9(16)18)17-4-10(13,14)15/h1-3,8,17H,4H2,(H2,16,18). The lowest BCUT2D eigenvalue weighted by molar-refractivity contribution is -0.131. The Balaban J connectivity index is 2.95. The minimum Gasteiger partial charge on any atom is -0.368 e. The second-order valence-corrected chi connectivity index (χ2v) is 4.41. The van der Waals surface area contributed by atoms with Gasteiger partial charge in [0.2, 0.25) is 5.91 Å². The van der Waals surface area contributed by atoms with Gasteiger partial charge in [-0.25, -0.2) is 4.39 Å². The molecule has 0 fully saturated rings. The Kier molecular flexibility index (Phi) is 4.69. The van der Waals surface area contributed by atoms with Crippen molar-refractivity contribution >= 4 is 21.8 Å². The van der Waals surface area contributed by atoms with Gasteiger partial charge in [0.1, 0.15) is 11.9 Å². The van der Waals surface area contributed by atoms with Gasteiger partial charge in [-0.2, -0.15) is 13.2 Å². The van der Waals surface area contributed by atoms with Crippen molar-refractivity contribution < 1.29 is 22.4 Å². The molecular formula is C10H9BrF4N2O. The average Bonchev–Trinajstić information content (AvgIpc) is 2.18. The van der Waals surface area contributed by atoms with Crippen molar-refractivity contribution in [2.24, 2.45) is 5.73 Å². The highest BCUT2D eigenvalue weighted by molar-refractivity contribution is 9.10. The minimum absolute atomic E-state index is 0.227. The lowest BCUT2D eigenvalue weighted by Gasteiger charge is -2.17. The molecule has 0 aromatic heterocycles. The number of rotatable bonds is 4. The van der Waals surface area contributed by atoms with Crippen LogP contribution < -0.4 is 11.1 Å². The van der Waals surface area contributed by atoms with Crippen LogP contribution >= 0.6 is 15.9 Å². The zero-order valence-electron chi connectivity index (χ0n) is 8.89. The van der Waals surface area contributed by atoms with Crippen molar-refractivity contribution in [2.75, 3.05) is 6.54 Å².